The monoisotopic (exact) mass is 146 g/mol. The summed E-state index contributed by atoms with van der Waals surface area (Å²) >= 11 is 0. The van der Waals surface area contributed by atoms with Gasteiger partial charge in [-0.2, -0.15) is 0 Å². The predicted octanol–water partition coefficient (Wildman–Crippen LogP) is -0.0882. The molecule has 0 rings (SSSR count). The molecule has 0 fully saturated rings. The Labute approximate surface area is 63.1 Å². The van der Waals surface area contributed by atoms with Crippen LogP contribution < -0.4 is 5.73 Å². The molecule has 0 aromatic carbocycles. The molecule has 3 nitrogen and oxygen atoms in total. The van der Waals surface area contributed by atoms with Crippen molar-refractivity contribution in [3.63, 3.8) is 0 Å². The molecule has 0 amide bonds. The van der Waals surface area contributed by atoms with Crippen LogP contribution in [0, 0.1) is 0 Å². The fourth-order valence-electron chi connectivity index (χ4n) is 0.791. The Balaban J connectivity index is 3.16. The van der Waals surface area contributed by atoms with Crippen LogP contribution in [0.4, 0.5) is 0 Å². The normalized spacial score (nSPS) is 14.1. The van der Waals surface area contributed by atoms with E-state index in [0.29, 0.717) is 6.61 Å². The zero-order chi connectivity index (χ0) is 7.98. The molecule has 1 unspecified atom stereocenters. The van der Waals surface area contributed by atoms with Gasteiger partial charge < -0.3 is 15.4 Å². The van der Waals surface area contributed by atoms with Crippen molar-refractivity contribution in [2.24, 2.45) is 5.73 Å². The van der Waals surface area contributed by atoms with Crippen LogP contribution in [0.3, 0.4) is 0 Å². The van der Waals surface area contributed by atoms with E-state index in [1.807, 2.05) is 21.0 Å². The average Bonchev–Trinajstić information content (AvgIpc) is 1.82. The van der Waals surface area contributed by atoms with Gasteiger partial charge in [0.05, 0.1) is 6.61 Å². The van der Waals surface area contributed by atoms with Gasteiger partial charge in [0.2, 0.25) is 0 Å². The molecule has 0 aliphatic heterocycles. The zero-order valence-corrected chi connectivity index (χ0v) is 7.13. The Bertz CT molecular complexity index is 76.0. The fourth-order valence-corrected chi connectivity index (χ4v) is 0.791. The topological polar surface area (TPSA) is 38.5 Å². The van der Waals surface area contributed by atoms with E-state index in [1.165, 1.54) is 0 Å². The molecule has 0 bridgehead atoms. The van der Waals surface area contributed by atoms with Crippen molar-refractivity contribution in [3.8, 4) is 0 Å². The molecule has 0 saturated carbocycles. The van der Waals surface area contributed by atoms with Crippen molar-refractivity contribution in [2.75, 3.05) is 33.9 Å². The number of hydrogen-bond donors (Lipinski definition) is 1. The average molecular weight is 146 g/mol. The van der Waals surface area contributed by atoms with E-state index in [9.17, 15) is 0 Å². The minimum absolute atomic E-state index is 0.148. The first-order valence-electron chi connectivity index (χ1n) is 3.64. The van der Waals surface area contributed by atoms with Crippen LogP contribution in [-0.2, 0) is 4.74 Å². The molecular formula is C7H18N2O. The van der Waals surface area contributed by atoms with E-state index in [2.05, 4.69) is 4.90 Å². The van der Waals surface area contributed by atoms with Gasteiger partial charge in [-0.1, -0.05) is 0 Å². The maximum Gasteiger partial charge on any atom is 0.0629 e. The van der Waals surface area contributed by atoms with E-state index in [-0.39, 0.29) is 6.04 Å². The summed E-state index contributed by atoms with van der Waals surface area (Å²) < 4.78 is 5.14. The van der Waals surface area contributed by atoms with Gasteiger partial charge in [-0.3, -0.25) is 0 Å². The second-order valence-corrected chi connectivity index (χ2v) is 2.68. The first-order valence-corrected chi connectivity index (χ1v) is 3.64. The highest BCUT2D eigenvalue weighted by Gasteiger charge is 2.01. The lowest BCUT2D eigenvalue weighted by Gasteiger charge is -2.15. The molecule has 3 heteroatoms. The lowest BCUT2D eigenvalue weighted by atomic mass is 10.3. The highest BCUT2D eigenvalue weighted by atomic mass is 16.5. The number of hydrogen-bond acceptors (Lipinski definition) is 3. The summed E-state index contributed by atoms with van der Waals surface area (Å²) in [5, 5.41) is 0. The summed E-state index contributed by atoms with van der Waals surface area (Å²) in [6.07, 6.45) is 0. The molecule has 0 aromatic heterocycles. The largest absolute Gasteiger partial charge is 0.380 e. The SMILES string of the molecule is CCOCC(N)CN(C)C. The van der Waals surface area contributed by atoms with E-state index in [0.717, 1.165) is 13.2 Å². The number of nitrogens with zero attached hydrogens (tertiary/aromatic N) is 1. The highest BCUT2D eigenvalue weighted by Crippen LogP contribution is 1.84. The lowest BCUT2D eigenvalue weighted by Crippen LogP contribution is -2.36. The van der Waals surface area contributed by atoms with E-state index in [1.54, 1.807) is 0 Å². The first kappa shape index (κ1) is 9.88. The van der Waals surface area contributed by atoms with Crippen molar-refractivity contribution in [3.05, 3.63) is 0 Å². The highest BCUT2D eigenvalue weighted by molar-refractivity contribution is 4.62. The minimum atomic E-state index is 0.148. The molecule has 1 atom stereocenters. The van der Waals surface area contributed by atoms with Crippen LogP contribution in [0.25, 0.3) is 0 Å². The molecule has 0 radical (unpaired) electrons. The van der Waals surface area contributed by atoms with Crippen LogP contribution in [-0.4, -0.2) is 44.8 Å². The van der Waals surface area contributed by atoms with Crippen LogP contribution in [0.1, 0.15) is 6.92 Å². The Morgan fingerprint density at radius 3 is 2.50 bits per heavy atom. The van der Waals surface area contributed by atoms with Crippen LogP contribution in [0.5, 0.6) is 0 Å². The van der Waals surface area contributed by atoms with Gasteiger partial charge in [-0.25, -0.2) is 0 Å². The zero-order valence-electron chi connectivity index (χ0n) is 7.13. The maximum absolute atomic E-state index is 5.69. The van der Waals surface area contributed by atoms with Crippen LogP contribution in [0.15, 0.2) is 0 Å². The van der Waals surface area contributed by atoms with Crippen molar-refractivity contribution < 1.29 is 4.74 Å². The van der Waals surface area contributed by atoms with Gasteiger partial charge in [0, 0.05) is 19.2 Å². The van der Waals surface area contributed by atoms with Gasteiger partial charge in [-0.15, -0.1) is 0 Å². The van der Waals surface area contributed by atoms with Gasteiger partial charge in [0.25, 0.3) is 0 Å². The second-order valence-electron chi connectivity index (χ2n) is 2.68. The Kier molecular flexibility index (Phi) is 5.58. The van der Waals surface area contributed by atoms with Gasteiger partial charge in [0.1, 0.15) is 0 Å². The molecule has 62 valence electrons. The Hall–Kier alpha value is -0.120. The van der Waals surface area contributed by atoms with Gasteiger partial charge in [-0.05, 0) is 21.0 Å². The molecule has 0 aromatic rings. The number of likely N-dealkylation sites (N-methyl/N-ethyl adjacent to an activating group) is 1. The molecule has 0 heterocycles. The van der Waals surface area contributed by atoms with Crippen molar-refractivity contribution in [1.29, 1.82) is 0 Å². The second kappa shape index (κ2) is 5.65. The van der Waals surface area contributed by atoms with Crippen LogP contribution in [0.2, 0.25) is 0 Å². The molecule has 2 N–H and O–H groups in total. The van der Waals surface area contributed by atoms with Crippen molar-refractivity contribution in [1.82, 2.24) is 4.90 Å². The van der Waals surface area contributed by atoms with Gasteiger partial charge in [0.15, 0.2) is 0 Å². The minimum Gasteiger partial charge on any atom is -0.380 e. The van der Waals surface area contributed by atoms with E-state index in [4.69, 9.17) is 10.5 Å². The van der Waals surface area contributed by atoms with Crippen molar-refractivity contribution >= 4 is 0 Å². The van der Waals surface area contributed by atoms with Crippen molar-refractivity contribution in [2.45, 2.75) is 13.0 Å². The Morgan fingerprint density at radius 1 is 1.50 bits per heavy atom. The van der Waals surface area contributed by atoms with Crippen LogP contribution >= 0.6 is 0 Å². The number of nitrogens with two attached hydrogens (primary N) is 1. The van der Waals surface area contributed by atoms with E-state index >= 15 is 0 Å². The molecular weight excluding hydrogens is 128 g/mol. The van der Waals surface area contributed by atoms with E-state index < -0.39 is 0 Å². The molecule has 0 saturated heterocycles. The summed E-state index contributed by atoms with van der Waals surface area (Å²) in [7, 11) is 4.01. The smallest absolute Gasteiger partial charge is 0.0629 e. The quantitative estimate of drug-likeness (QED) is 0.589. The molecule has 10 heavy (non-hydrogen) atoms. The Morgan fingerprint density at radius 2 is 2.10 bits per heavy atom. The maximum atomic E-state index is 5.69. The lowest BCUT2D eigenvalue weighted by molar-refractivity contribution is 0.124. The number of rotatable bonds is 5. The number of ether oxygens (including phenoxy) is 1. The summed E-state index contributed by atoms with van der Waals surface area (Å²) in [5.74, 6) is 0. The summed E-state index contributed by atoms with van der Waals surface area (Å²) in [4.78, 5) is 2.06. The third-order valence-corrected chi connectivity index (χ3v) is 1.14. The predicted molar refractivity (Wildman–Crippen MR) is 43.0 cm³/mol. The molecule has 0 aliphatic carbocycles. The molecule has 0 spiro atoms. The standard InChI is InChI=1S/C7H18N2O/c1-4-10-6-7(8)5-9(2)3/h7H,4-6,8H2,1-3H3. The summed E-state index contributed by atoms with van der Waals surface area (Å²) in [5.41, 5.74) is 5.69. The fraction of sp³-hybridized carbons (Fsp3) is 1.00. The molecule has 0 aliphatic rings. The first-order chi connectivity index (χ1) is 4.66. The van der Waals surface area contributed by atoms with Gasteiger partial charge >= 0.3 is 0 Å². The summed E-state index contributed by atoms with van der Waals surface area (Å²) in [6.45, 7) is 4.28. The third kappa shape index (κ3) is 6.01. The third-order valence-electron chi connectivity index (χ3n) is 1.14. The summed E-state index contributed by atoms with van der Waals surface area (Å²) in [6, 6.07) is 0.148.